The van der Waals surface area contributed by atoms with E-state index < -0.39 is 67.3 Å². The molecule has 0 bridgehead atoms. The first-order valence-corrected chi connectivity index (χ1v) is 28.9. The average molecular weight is 1050 g/mol. The zero-order valence-corrected chi connectivity index (χ0v) is 46.5. The van der Waals surface area contributed by atoms with Gasteiger partial charge in [-0.1, -0.05) is 201 Å². The molecule has 0 amide bonds. The van der Waals surface area contributed by atoms with Gasteiger partial charge in [-0.15, -0.1) is 0 Å². The van der Waals surface area contributed by atoms with Crippen molar-refractivity contribution in [3.8, 4) is 0 Å². The molecule has 12 nitrogen and oxygen atoms in total. The van der Waals surface area contributed by atoms with Gasteiger partial charge in [0, 0.05) is 12.8 Å². The van der Waals surface area contributed by atoms with E-state index in [2.05, 4.69) is 106 Å². The van der Waals surface area contributed by atoms with Crippen molar-refractivity contribution in [3.05, 3.63) is 109 Å². The second-order valence-electron chi connectivity index (χ2n) is 19.2. The molecule has 0 aromatic heterocycles. The van der Waals surface area contributed by atoms with Crippen LogP contribution < -0.4 is 0 Å². The molecule has 1 fully saturated rings. The standard InChI is InChI=1S/C63H100O12/c1-4-7-10-13-16-19-22-25-28-31-34-37-40-43-46-49-55(64)71-52-54(73-56(65)50-47-44-41-38-35-32-29-26-23-20-17-14-11-8-5-2)53-72-63-61(59(68)58(67)60(75-63)62(69)70)74-57(66)51-48-45-42-39-36-33-30-27-24-21-18-15-12-9-6-3/h7,9-10,12,16,18-19,21,25-30,36,39,45,48,54,58-61,63,67-68H,4-6,8,11,13-15,17,20,22-24,31-35,37-38,40-44,46-47,49-53H2,1-3H3,(H,69,70)/b10-7-,12-9-,19-16-,21-18-,28-25-,29-26-,30-27-,39-36-,48-45-. The zero-order chi connectivity index (χ0) is 54.7. The van der Waals surface area contributed by atoms with Crippen LogP contribution in [0.1, 0.15) is 213 Å². The van der Waals surface area contributed by atoms with Crippen LogP contribution in [0.2, 0.25) is 0 Å². The number of aliphatic hydroxyl groups excluding tert-OH is 2. The van der Waals surface area contributed by atoms with E-state index in [0.29, 0.717) is 19.3 Å². The number of hydrogen-bond acceptors (Lipinski definition) is 11. The van der Waals surface area contributed by atoms with Gasteiger partial charge in [0.05, 0.1) is 13.0 Å². The molecule has 0 aromatic carbocycles. The topological polar surface area (TPSA) is 175 Å². The number of allylic oxidation sites excluding steroid dienone is 17. The molecule has 1 heterocycles. The second-order valence-corrected chi connectivity index (χ2v) is 19.2. The molecule has 0 spiro atoms. The van der Waals surface area contributed by atoms with Gasteiger partial charge in [0.1, 0.15) is 18.8 Å². The molecule has 1 aliphatic heterocycles. The van der Waals surface area contributed by atoms with Gasteiger partial charge in [0.25, 0.3) is 0 Å². The van der Waals surface area contributed by atoms with Gasteiger partial charge in [-0.25, -0.2) is 4.79 Å². The van der Waals surface area contributed by atoms with E-state index in [0.717, 1.165) is 116 Å². The molecule has 424 valence electrons. The highest BCUT2D eigenvalue weighted by Crippen LogP contribution is 2.26. The summed E-state index contributed by atoms with van der Waals surface area (Å²) in [5.74, 6) is -3.33. The SMILES string of the molecule is CC/C=C\C/C=C\C/C=C\C/C=C\C/C=C\CC(=O)OC1C(OCC(COC(=O)CCCCCCC/C=C\C/C=C\C/C=C\CC)OC(=O)CCCCCCC/C=C\CCCCCCCC)OC(C(=O)O)C(O)C1O. The summed E-state index contributed by atoms with van der Waals surface area (Å²) in [6.07, 6.45) is 55.1. The number of ether oxygens (including phenoxy) is 5. The highest BCUT2D eigenvalue weighted by molar-refractivity contribution is 5.74. The lowest BCUT2D eigenvalue weighted by Crippen LogP contribution is -2.61. The Kier molecular flexibility index (Phi) is 45.8. The van der Waals surface area contributed by atoms with E-state index >= 15 is 0 Å². The van der Waals surface area contributed by atoms with Crippen LogP contribution in [0, 0.1) is 0 Å². The van der Waals surface area contributed by atoms with Gasteiger partial charge < -0.3 is 39.0 Å². The Hall–Kier alpha value is -4.62. The van der Waals surface area contributed by atoms with Crippen LogP contribution in [0.15, 0.2) is 109 Å². The van der Waals surface area contributed by atoms with E-state index in [1.54, 1.807) is 12.2 Å². The summed E-state index contributed by atoms with van der Waals surface area (Å²) in [5.41, 5.74) is 0. The minimum Gasteiger partial charge on any atom is -0.479 e. The summed E-state index contributed by atoms with van der Waals surface area (Å²) < 4.78 is 28.2. The number of aliphatic carboxylic acids is 1. The van der Waals surface area contributed by atoms with E-state index in [1.807, 2.05) is 12.2 Å². The van der Waals surface area contributed by atoms with Crippen molar-refractivity contribution >= 4 is 23.9 Å². The maximum atomic E-state index is 13.1. The van der Waals surface area contributed by atoms with Gasteiger partial charge in [-0.05, 0) is 103 Å². The van der Waals surface area contributed by atoms with Crippen molar-refractivity contribution in [3.63, 3.8) is 0 Å². The van der Waals surface area contributed by atoms with Crippen molar-refractivity contribution in [1.29, 1.82) is 0 Å². The van der Waals surface area contributed by atoms with Crippen LogP contribution in [0.3, 0.4) is 0 Å². The average Bonchev–Trinajstić information content (AvgIpc) is 3.39. The highest BCUT2D eigenvalue weighted by atomic mass is 16.7. The number of aliphatic hydroxyl groups is 2. The second kappa shape index (κ2) is 50.2. The van der Waals surface area contributed by atoms with E-state index in [9.17, 15) is 34.5 Å². The third kappa shape index (κ3) is 40.3. The predicted molar refractivity (Wildman–Crippen MR) is 303 cm³/mol. The van der Waals surface area contributed by atoms with Crippen LogP contribution in [0.4, 0.5) is 0 Å². The Morgan fingerprint density at radius 3 is 1.36 bits per heavy atom. The van der Waals surface area contributed by atoms with Crippen LogP contribution in [0.5, 0.6) is 0 Å². The van der Waals surface area contributed by atoms with Crippen LogP contribution in [-0.4, -0.2) is 89.2 Å². The maximum Gasteiger partial charge on any atom is 0.335 e. The van der Waals surface area contributed by atoms with E-state index in [-0.39, 0.29) is 25.9 Å². The number of carbonyl (C=O) groups is 4. The van der Waals surface area contributed by atoms with Crippen molar-refractivity contribution in [2.75, 3.05) is 13.2 Å². The third-order valence-corrected chi connectivity index (χ3v) is 12.3. The molecule has 12 heteroatoms. The molecule has 0 aliphatic carbocycles. The molecule has 3 N–H and O–H groups in total. The lowest BCUT2D eigenvalue weighted by molar-refractivity contribution is -0.301. The van der Waals surface area contributed by atoms with Gasteiger partial charge in [-0.3, -0.25) is 14.4 Å². The number of rotatable bonds is 47. The monoisotopic (exact) mass is 1050 g/mol. The smallest absolute Gasteiger partial charge is 0.335 e. The van der Waals surface area contributed by atoms with Crippen LogP contribution >= 0.6 is 0 Å². The molecule has 0 radical (unpaired) electrons. The van der Waals surface area contributed by atoms with Gasteiger partial charge in [0.15, 0.2) is 24.6 Å². The number of carboxylic acid groups (broad SMARTS) is 1. The first-order valence-electron chi connectivity index (χ1n) is 28.9. The van der Waals surface area contributed by atoms with Crippen molar-refractivity contribution in [2.45, 2.75) is 250 Å². The zero-order valence-electron chi connectivity index (χ0n) is 46.5. The van der Waals surface area contributed by atoms with Crippen molar-refractivity contribution in [1.82, 2.24) is 0 Å². The van der Waals surface area contributed by atoms with Crippen molar-refractivity contribution in [2.24, 2.45) is 0 Å². The molecule has 6 unspecified atom stereocenters. The highest BCUT2D eigenvalue weighted by Gasteiger charge is 2.50. The first kappa shape index (κ1) is 68.4. The number of carboxylic acids is 1. The molecular formula is C63H100O12. The Morgan fingerprint density at radius 2 is 0.880 bits per heavy atom. The van der Waals surface area contributed by atoms with E-state index in [4.69, 9.17) is 23.7 Å². The Labute approximate surface area is 453 Å². The maximum absolute atomic E-state index is 13.1. The number of esters is 3. The quantitative estimate of drug-likeness (QED) is 0.0228. The fourth-order valence-electron chi connectivity index (χ4n) is 7.98. The Bertz CT molecular complexity index is 1720. The number of hydrogen-bond donors (Lipinski definition) is 3. The summed E-state index contributed by atoms with van der Waals surface area (Å²) in [7, 11) is 0. The third-order valence-electron chi connectivity index (χ3n) is 12.3. The molecule has 0 saturated carbocycles. The molecule has 75 heavy (non-hydrogen) atoms. The fraction of sp³-hybridized carbons (Fsp3) is 0.651. The number of unbranched alkanes of at least 4 members (excludes halogenated alkanes) is 16. The molecule has 6 atom stereocenters. The molecule has 1 aliphatic rings. The van der Waals surface area contributed by atoms with Crippen LogP contribution in [-0.2, 0) is 42.9 Å². The fourth-order valence-corrected chi connectivity index (χ4v) is 7.98. The van der Waals surface area contributed by atoms with Crippen LogP contribution in [0.25, 0.3) is 0 Å². The van der Waals surface area contributed by atoms with Gasteiger partial charge in [-0.2, -0.15) is 0 Å². The molecular weight excluding hydrogens is 949 g/mol. The van der Waals surface area contributed by atoms with Gasteiger partial charge >= 0.3 is 23.9 Å². The first-order chi connectivity index (χ1) is 36.6. The lowest BCUT2D eigenvalue weighted by atomic mass is 9.98. The summed E-state index contributed by atoms with van der Waals surface area (Å²) in [6, 6.07) is 0. The molecule has 1 saturated heterocycles. The minimum atomic E-state index is -1.94. The largest absolute Gasteiger partial charge is 0.479 e. The summed E-state index contributed by atoms with van der Waals surface area (Å²) in [5, 5.41) is 31.4. The molecule has 1 rings (SSSR count). The summed E-state index contributed by atoms with van der Waals surface area (Å²) in [4.78, 5) is 51.0. The summed E-state index contributed by atoms with van der Waals surface area (Å²) >= 11 is 0. The summed E-state index contributed by atoms with van der Waals surface area (Å²) in [6.45, 7) is 5.68. The van der Waals surface area contributed by atoms with Crippen molar-refractivity contribution < 1.29 is 58.2 Å². The number of carbonyl (C=O) groups excluding carboxylic acids is 3. The molecule has 0 aromatic rings. The Balaban J connectivity index is 2.78. The predicted octanol–water partition coefficient (Wildman–Crippen LogP) is 14.7. The van der Waals surface area contributed by atoms with Gasteiger partial charge in [0.2, 0.25) is 0 Å². The lowest BCUT2D eigenvalue weighted by Gasteiger charge is -2.40. The van der Waals surface area contributed by atoms with E-state index in [1.165, 1.54) is 38.5 Å². The normalized spacial score (nSPS) is 19.0. The Morgan fingerprint density at radius 1 is 0.467 bits per heavy atom. The minimum absolute atomic E-state index is 0.133.